The highest BCUT2D eigenvalue weighted by Gasteiger charge is 2.25. The first kappa shape index (κ1) is 18.4. The average Bonchev–Trinajstić information content (AvgIpc) is 2.99. The topological polar surface area (TPSA) is 92.9 Å². The van der Waals surface area contributed by atoms with Crippen LogP contribution in [-0.2, 0) is 11.2 Å². The molecule has 0 aliphatic rings. The van der Waals surface area contributed by atoms with Gasteiger partial charge in [0.1, 0.15) is 11.7 Å². The number of aliphatic carboxylic acids is 1. The number of pyridine rings is 1. The van der Waals surface area contributed by atoms with Crippen molar-refractivity contribution in [2.45, 2.75) is 26.3 Å². The molecule has 0 radical (unpaired) electrons. The smallest absolute Gasteiger partial charge is 0.326 e. The summed E-state index contributed by atoms with van der Waals surface area (Å²) in [6, 6.07) is 11.7. The number of rotatable bonds is 7. The number of carbonyl (C=O) groups is 2. The summed E-state index contributed by atoms with van der Waals surface area (Å²) in [5, 5.41) is 12.1. The molecule has 0 saturated carbocycles. The molecule has 2 aromatic heterocycles. The number of carbonyl (C=O) groups excluding carboxylic acids is 1. The highest BCUT2D eigenvalue weighted by atomic mass is 16.5. The monoisotopic (exact) mass is 367 g/mol. The second kappa shape index (κ2) is 7.90. The number of amides is 1. The fourth-order valence-corrected chi connectivity index (χ4v) is 2.97. The first-order chi connectivity index (χ1) is 13.0. The Kier molecular flexibility index (Phi) is 5.40. The number of nitrogens with zero attached hydrogens (tertiary/aromatic N) is 2. The van der Waals surface area contributed by atoms with Gasteiger partial charge in [-0.05, 0) is 31.5 Å². The molecule has 7 heteroatoms. The van der Waals surface area contributed by atoms with Crippen LogP contribution >= 0.6 is 0 Å². The number of aromatic nitrogens is 2. The number of imidazole rings is 1. The first-order valence-corrected chi connectivity index (χ1v) is 8.69. The predicted octanol–water partition coefficient (Wildman–Crippen LogP) is 2.47. The maximum Gasteiger partial charge on any atom is 0.326 e. The normalized spacial score (nSPS) is 11.9. The molecule has 0 fully saturated rings. The molecule has 27 heavy (non-hydrogen) atoms. The largest absolute Gasteiger partial charge is 0.490 e. The quantitative estimate of drug-likeness (QED) is 0.669. The predicted molar refractivity (Wildman–Crippen MR) is 100 cm³/mol. The molecule has 140 valence electrons. The number of fused-ring (bicyclic) bond motifs is 1. The van der Waals surface area contributed by atoms with Crippen molar-refractivity contribution in [2.24, 2.45) is 0 Å². The molecule has 0 aliphatic carbocycles. The number of carboxylic acid groups (broad SMARTS) is 1. The van der Waals surface area contributed by atoms with E-state index >= 15 is 0 Å². The van der Waals surface area contributed by atoms with E-state index in [1.807, 2.05) is 37.3 Å². The van der Waals surface area contributed by atoms with Crippen molar-refractivity contribution >= 4 is 17.5 Å². The van der Waals surface area contributed by atoms with Crippen LogP contribution in [0.3, 0.4) is 0 Å². The summed E-state index contributed by atoms with van der Waals surface area (Å²) in [6.07, 6.45) is 1.90. The molecular weight excluding hydrogens is 346 g/mol. The Morgan fingerprint density at radius 1 is 1.22 bits per heavy atom. The maximum absolute atomic E-state index is 12.8. The molecule has 1 unspecified atom stereocenters. The Labute approximate surface area is 156 Å². The first-order valence-electron chi connectivity index (χ1n) is 8.69. The molecule has 0 aliphatic heterocycles. The standard InChI is InChI=1S/C20H21N3O4/c1-3-27-16-10-7-11-23-17(13(2)21-18(16)23)19(24)22-15(20(25)26)12-14-8-5-4-6-9-14/h4-11,15H,3,12H2,1-2H3,(H,22,24)(H,25,26). The van der Waals surface area contributed by atoms with E-state index in [9.17, 15) is 14.7 Å². The second-order valence-electron chi connectivity index (χ2n) is 6.10. The van der Waals surface area contributed by atoms with Gasteiger partial charge in [0.15, 0.2) is 11.4 Å². The Bertz CT molecular complexity index is 966. The number of hydrogen-bond acceptors (Lipinski definition) is 4. The zero-order valence-corrected chi connectivity index (χ0v) is 15.2. The fraction of sp³-hybridized carbons (Fsp3) is 0.250. The molecule has 3 aromatic rings. The number of ether oxygens (including phenoxy) is 1. The van der Waals surface area contributed by atoms with Gasteiger partial charge in [0.2, 0.25) is 0 Å². The minimum absolute atomic E-state index is 0.196. The molecule has 2 N–H and O–H groups in total. The fourth-order valence-electron chi connectivity index (χ4n) is 2.97. The van der Waals surface area contributed by atoms with E-state index in [0.29, 0.717) is 29.4 Å². The number of benzene rings is 1. The number of hydrogen-bond donors (Lipinski definition) is 2. The molecule has 0 bridgehead atoms. The molecule has 1 atom stereocenters. The average molecular weight is 367 g/mol. The van der Waals surface area contributed by atoms with Crippen LogP contribution in [0.25, 0.3) is 5.65 Å². The molecule has 1 amide bonds. The van der Waals surface area contributed by atoms with Gasteiger partial charge in [-0.1, -0.05) is 30.3 Å². The molecule has 7 nitrogen and oxygen atoms in total. The van der Waals surface area contributed by atoms with Crippen molar-refractivity contribution in [2.75, 3.05) is 6.61 Å². The van der Waals surface area contributed by atoms with E-state index in [0.717, 1.165) is 5.56 Å². The summed E-state index contributed by atoms with van der Waals surface area (Å²) in [4.78, 5) is 28.9. The van der Waals surface area contributed by atoms with E-state index in [2.05, 4.69) is 10.3 Å². The molecule has 1 aromatic carbocycles. The summed E-state index contributed by atoms with van der Waals surface area (Å²) in [6.45, 7) is 4.06. The van der Waals surface area contributed by atoms with Crippen molar-refractivity contribution in [1.29, 1.82) is 0 Å². The lowest BCUT2D eigenvalue weighted by atomic mass is 10.1. The Morgan fingerprint density at radius 2 is 1.96 bits per heavy atom. The Hall–Kier alpha value is -3.35. The summed E-state index contributed by atoms with van der Waals surface area (Å²) < 4.78 is 7.18. The third kappa shape index (κ3) is 3.92. The van der Waals surface area contributed by atoms with Crippen LogP contribution < -0.4 is 10.1 Å². The highest BCUT2D eigenvalue weighted by Crippen LogP contribution is 2.22. The van der Waals surface area contributed by atoms with Crippen molar-refractivity contribution in [3.8, 4) is 5.75 Å². The van der Waals surface area contributed by atoms with Gasteiger partial charge >= 0.3 is 5.97 Å². The van der Waals surface area contributed by atoms with Crippen LogP contribution in [0.5, 0.6) is 5.75 Å². The van der Waals surface area contributed by atoms with E-state index in [1.165, 1.54) is 0 Å². The summed E-state index contributed by atoms with van der Waals surface area (Å²) in [7, 11) is 0. The van der Waals surface area contributed by atoms with E-state index in [-0.39, 0.29) is 6.42 Å². The number of carboxylic acids is 1. The number of nitrogens with one attached hydrogen (secondary N) is 1. The van der Waals surface area contributed by atoms with Crippen LogP contribution in [0.1, 0.15) is 28.7 Å². The number of aryl methyl sites for hydroxylation is 1. The molecule has 3 rings (SSSR count). The lowest BCUT2D eigenvalue weighted by molar-refractivity contribution is -0.139. The molecule has 2 heterocycles. The Balaban J connectivity index is 1.89. The van der Waals surface area contributed by atoms with Crippen LogP contribution in [0, 0.1) is 6.92 Å². The van der Waals surface area contributed by atoms with E-state index in [1.54, 1.807) is 29.7 Å². The van der Waals surface area contributed by atoms with Gasteiger partial charge in [-0.15, -0.1) is 0 Å². The minimum Gasteiger partial charge on any atom is -0.490 e. The van der Waals surface area contributed by atoms with Crippen molar-refractivity contribution in [3.63, 3.8) is 0 Å². The van der Waals surface area contributed by atoms with Crippen molar-refractivity contribution < 1.29 is 19.4 Å². The molecule has 0 spiro atoms. The molecular formula is C20H21N3O4. The minimum atomic E-state index is -1.09. The van der Waals surface area contributed by atoms with E-state index in [4.69, 9.17) is 4.74 Å². The SMILES string of the molecule is CCOc1cccn2c(C(=O)NC(Cc3ccccc3)C(=O)O)c(C)nc12. The van der Waals surface area contributed by atoms with E-state index < -0.39 is 17.9 Å². The van der Waals surface area contributed by atoms with Gasteiger partial charge in [-0.25, -0.2) is 9.78 Å². The van der Waals surface area contributed by atoms with Crippen LogP contribution in [0.4, 0.5) is 0 Å². The van der Waals surface area contributed by atoms with Crippen LogP contribution in [0.15, 0.2) is 48.7 Å². The second-order valence-corrected chi connectivity index (χ2v) is 6.10. The van der Waals surface area contributed by atoms with Gasteiger partial charge < -0.3 is 15.2 Å². The zero-order chi connectivity index (χ0) is 19.4. The van der Waals surface area contributed by atoms with Crippen molar-refractivity contribution in [3.05, 3.63) is 65.6 Å². The van der Waals surface area contributed by atoms with Gasteiger partial charge in [0.25, 0.3) is 5.91 Å². The van der Waals surface area contributed by atoms with Gasteiger partial charge in [-0.2, -0.15) is 0 Å². The Morgan fingerprint density at radius 3 is 2.63 bits per heavy atom. The van der Waals surface area contributed by atoms with Crippen molar-refractivity contribution in [1.82, 2.24) is 14.7 Å². The third-order valence-corrected chi connectivity index (χ3v) is 4.19. The molecule has 0 saturated heterocycles. The zero-order valence-electron chi connectivity index (χ0n) is 15.2. The van der Waals surface area contributed by atoms with Crippen LogP contribution in [0.2, 0.25) is 0 Å². The highest BCUT2D eigenvalue weighted by molar-refractivity contribution is 5.97. The van der Waals surface area contributed by atoms with Gasteiger partial charge in [0.05, 0.1) is 12.3 Å². The van der Waals surface area contributed by atoms with Crippen LogP contribution in [-0.4, -0.2) is 39.0 Å². The van der Waals surface area contributed by atoms with Gasteiger partial charge in [0, 0.05) is 12.6 Å². The lowest BCUT2D eigenvalue weighted by Gasteiger charge is -2.15. The summed E-state index contributed by atoms with van der Waals surface area (Å²) in [5.74, 6) is -1.01. The lowest BCUT2D eigenvalue weighted by Crippen LogP contribution is -2.42. The maximum atomic E-state index is 12.8. The van der Waals surface area contributed by atoms with Gasteiger partial charge in [-0.3, -0.25) is 9.20 Å². The summed E-state index contributed by atoms with van der Waals surface area (Å²) >= 11 is 0. The third-order valence-electron chi connectivity index (χ3n) is 4.19. The summed E-state index contributed by atoms with van der Waals surface area (Å²) in [5.41, 5.74) is 2.16.